The van der Waals surface area contributed by atoms with Crippen LogP contribution in [0.2, 0.25) is 0 Å². The Kier molecular flexibility index (Phi) is 5.61. The second kappa shape index (κ2) is 7.24. The van der Waals surface area contributed by atoms with E-state index < -0.39 is 10.0 Å². The number of methoxy groups -OCH3 is 1. The Labute approximate surface area is 127 Å². The van der Waals surface area contributed by atoms with Crippen LogP contribution in [0.4, 0.5) is 0 Å². The fourth-order valence-corrected chi connectivity index (χ4v) is 3.41. The lowest BCUT2D eigenvalue weighted by Gasteiger charge is -2.19. The van der Waals surface area contributed by atoms with Crippen LogP contribution in [-0.4, -0.2) is 34.4 Å². The average Bonchev–Trinajstić information content (AvgIpc) is 3.28. The molecule has 1 atom stereocenters. The first-order chi connectivity index (χ1) is 10.1. The van der Waals surface area contributed by atoms with Gasteiger partial charge in [0.05, 0.1) is 12.9 Å². The molecule has 1 saturated carbocycles. The molecule has 118 valence electrons. The van der Waals surface area contributed by atoms with Gasteiger partial charge in [0.25, 0.3) is 0 Å². The topological polar surface area (TPSA) is 67.4 Å². The highest BCUT2D eigenvalue weighted by molar-refractivity contribution is 7.89. The molecule has 1 aromatic rings. The molecule has 1 unspecified atom stereocenters. The lowest BCUT2D eigenvalue weighted by molar-refractivity contribution is 0.414. The van der Waals surface area contributed by atoms with Crippen LogP contribution in [0.3, 0.4) is 0 Å². The van der Waals surface area contributed by atoms with Crippen LogP contribution in [0, 0.1) is 5.92 Å². The van der Waals surface area contributed by atoms with E-state index in [9.17, 15) is 8.42 Å². The van der Waals surface area contributed by atoms with E-state index in [2.05, 4.69) is 10.0 Å². The molecular weight excluding hydrogens is 288 g/mol. The third kappa shape index (κ3) is 4.98. The van der Waals surface area contributed by atoms with Crippen molar-refractivity contribution in [2.75, 3.05) is 26.0 Å². The zero-order valence-corrected chi connectivity index (χ0v) is 13.4. The third-order valence-corrected chi connectivity index (χ3v) is 5.14. The highest BCUT2D eigenvalue weighted by atomic mass is 32.2. The predicted octanol–water partition coefficient (Wildman–Crippen LogP) is 1.68. The van der Waals surface area contributed by atoms with Crippen LogP contribution in [0.5, 0.6) is 5.75 Å². The van der Waals surface area contributed by atoms with Gasteiger partial charge in [-0.2, -0.15) is 0 Å². The number of ether oxygens (including phenoxy) is 1. The molecular formula is C15H24N2O3S. The summed E-state index contributed by atoms with van der Waals surface area (Å²) in [4.78, 5) is 0. The van der Waals surface area contributed by atoms with Crippen LogP contribution in [0.15, 0.2) is 24.3 Å². The molecule has 2 rings (SSSR count). The van der Waals surface area contributed by atoms with Crippen molar-refractivity contribution >= 4 is 10.0 Å². The van der Waals surface area contributed by atoms with Gasteiger partial charge >= 0.3 is 0 Å². The van der Waals surface area contributed by atoms with E-state index >= 15 is 0 Å². The van der Waals surface area contributed by atoms with Gasteiger partial charge in [-0.25, -0.2) is 13.1 Å². The first-order valence-corrected chi connectivity index (χ1v) is 9.05. The van der Waals surface area contributed by atoms with Crippen LogP contribution in [0.1, 0.15) is 31.4 Å². The Hall–Kier alpha value is -1.11. The minimum Gasteiger partial charge on any atom is -0.497 e. The molecule has 0 saturated heterocycles. The van der Waals surface area contributed by atoms with Gasteiger partial charge in [0.1, 0.15) is 5.75 Å². The fourth-order valence-electron chi connectivity index (χ4n) is 2.44. The molecule has 6 heteroatoms. The zero-order chi connectivity index (χ0) is 15.3. The predicted molar refractivity (Wildman–Crippen MR) is 83.9 cm³/mol. The average molecular weight is 312 g/mol. The Morgan fingerprint density at radius 3 is 2.48 bits per heavy atom. The van der Waals surface area contributed by atoms with Gasteiger partial charge in [0.2, 0.25) is 10.0 Å². The zero-order valence-electron chi connectivity index (χ0n) is 12.6. The lowest BCUT2D eigenvalue weighted by atomic mass is 10.0. The second-order valence-electron chi connectivity index (χ2n) is 5.36. The Morgan fingerprint density at radius 1 is 1.29 bits per heavy atom. The summed E-state index contributed by atoms with van der Waals surface area (Å²) in [5, 5.41) is 3.39. The first kappa shape index (κ1) is 16.3. The summed E-state index contributed by atoms with van der Waals surface area (Å²) in [5.41, 5.74) is 1.19. The SMILES string of the molecule is CCNS(=O)(=O)CCNC(c1ccc(OC)cc1)C1CC1. The maximum Gasteiger partial charge on any atom is 0.212 e. The number of nitrogens with one attached hydrogen (secondary N) is 2. The molecule has 0 aliphatic heterocycles. The summed E-state index contributed by atoms with van der Waals surface area (Å²) in [6.45, 7) is 2.69. The number of rotatable bonds is 9. The van der Waals surface area contributed by atoms with Gasteiger partial charge in [0.15, 0.2) is 0 Å². The summed E-state index contributed by atoms with van der Waals surface area (Å²) in [7, 11) is -1.51. The molecule has 2 N–H and O–H groups in total. The van der Waals surface area contributed by atoms with E-state index in [4.69, 9.17) is 4.74 Å². The van der Waals surface area contributed by atoms with E-state index in [0.717, 1.165) is 5.75 Å². The molecule has 0 spiro atoms. The van der Waals surface area contributed by atoms with Gasteiger partial charge in [-0.3, -0.25) is 0 Å². The van der Waals surface area contributed by atoms with Gasteiger partial charge < -0.3 is 10.1 Å². The number of hydrogen-bond donors (Lipinski definition) is 2. The number of sulfonamides is 1. The van der Waals surface area contributed by atoms with Gasteiger partial charge in [-0.1, -0.05) is 19.1 Å². The van der Waals surface area contributed by atoms with Crippen molar-refractivity contribution in [2.24, 2.45) is 5.92 Å². The second-order valence-corrected chi connectivity index (χ2v) is 7.29. The molecule has 1 aliphatic carbocycles. The van der Waals surface area contributed by atoms with E-state index in [1.807, 2.05) is 24.3 Å². The van der Waals surface area contributed by atoms with Crippen molar-refractivity contribution in [2.45, 2.75) is 25.8 Å². The van der Waals surface area contributed by atoms with Gasteiger partial charge in [-0.05, 0) is 36.5 Å². The van der Waals surface area contributed by atoms with E-state index in [1.54, 1.807) is 14.0 Å². The van der Waals surface area contributed by atoms with Crippen molar-refractivity contribution < 1.29 is 13.2 Å². The molecule has 1 aromatic carbocycles. The summed E-state index contributed by atoms with van der Waals surface area (Å²) in [6, 6.07) is 8.22. The summed E-state index contributed by atoms with van der Waals surface area (Å²) in [5.74, 6) is 1.56. The minimum absolute atomic E-state index is 0.111. The molecule has 0 aromatic heterocycles. The summed E-state index contributed by atoms with van der Waals surface area (Å²) in [6.07, 6.45) is 2.40. The fraction of sp³-hybridized carbons (Fsp3) is 0.600. The van der Waals surface area contributed by atoms with E-state index in [-0.39, 0.29) is 11.8 Å². The summed E-state index contributed by atoms with van der Waals surface area (Å²) < 4.78 is 31.0. The number of hydrogen-bond acceptors (Lipinski definition) is 4. The maximum absolute atomic E-state index is 11.6. The number of benzene rings is 1. The Balaban J connectivity index is 1.93. The summed E-state index contributed by atoms with van der Waals surface area (Å²) >= 11 is 0. The van der Waals surface area contributed by atoms with Crippen molar-refractivity contribution in [3.63, 3.8) is 0 Å². The standard InChI is InChI=1S/C15H24N2O3S/c1-3-17-21(18,19)11-10-16-15(12-4-5-12)13-6-8-14(20-2)9-7-13/h6-9,12,15-17H,3-5,10-11H2,1-2H3. The molecule has 21 heavy (non-hydrogen) atoms. The smallest absolute Gasteiger partial charge is 0.212 e. The van der Waals surface area contributed by atoms with Crippen LogP contribution in [-0.2, 0) is 10.0 Å². The van der Waals surface area contributed by atoms with Crippen molar-refractivity contribution in [3.05, 3.63) is 29.8 Å². The highest BCUT2D eigenvalue weighted by Crippen LogP contribution is 2.41. The van der Waals surface area contributed by atoms with Crippen molar-refractivity contribution in [1.29, 1.82) is 0 Å². The molecule has 5 nitrogen and oxygen atoms in total. The quantitative estimate of drug-likeness (QED) is 0.728. The van der Waals surface area contributed by atoms with Crippen LogP contribution < -0.4 is 14.8 Å². The van der Waals surface area contributed by atoms with Crippen molar-refractivity contribution in [1.82, 2.24) is 10.0 Å². The molecule has 1 fully saturated rings. The minimum atomic E-state index is -3.16. The Bertz CT molecular complexity index is 539. The molecule has 1 aliphatic rings. The van der Waals surface area contributed by atoms with Crippen molar-refractivity contribution in [3.8, 4) is 5.75 Å². The highest BCUT2D eigenvalue weighted by Gasteiger charge is 2.32. The Morgan fingerprint density at radius 2 is 1.95 bits per heavy atom. The van der Waals surface area contributed by atoms with Gasteiger partial charge in [-0.15, -0.1) is 0 Å². The van der Waals surface area contributed by atoms with E-state index in [0.29, 0.717) is 19.0 Å². The van der Waals surface area contributed by atoms with E-state index in [1.165, 1.54) is 18.4 Å². The third-order valence-electron chi connectivity index (χ3n) is 3.67. The molecule has 0 radical (unpaired) electrons. The molecule has 0 bridgehead atoms. The maximum atomic E-state index is 11.6. The molecule has 0 amide bonds. The monoisotopic (exact) mass is 312 g/mol. The first-order valence-electron chi connectivity index (χ1n) is 7.40. The van der Waals surface area contributed by atoms with Crippen LogP contribution in [0.25, 0.3) is 0 Å². The van der Waals surface area contributed by atoms with Gasteiger partial charge in [0, 0.05) is 19.1 Å². The lowest BCUT2D eigenvalue weighted by Crippen LogP contribution is -2.34. The molecule has 0 heterocycles. The largest absolute Gasteiger partial charge is 0.497 e. The normalized spacial score (nSPS) is 16.7. The van der Waals surface area contributed by atoms with Crippen LogP contribution >= 0.6 is 0 Å².